The Morgan fingerprint density at radius 3 is 2.78 bits per heavy atom. The van der Waals surface area contributed by atoms with Crippen molar-refractivity contribution < 1.29 is 19.8 Å². The van der Waals surface area contributed by atoms with Crippen LogP contribution in [0.5, 0.6) is 0 Å². The van der Waals surface area contributed by atoms with Gasteiger partial charge >= 0.3 is 5.97 Å². The van der Waals surface area contributed by atoms with Crippen LogP contribution >= 0.6 is 11.3 Å². The zero-order chi connectivity index (χ0) is 17.2. The lowest BCUT2D eigenvalue weighted by molar-refractivity contribution is -0.163. The van der Waals surface area contributed by atoms with Crippen molar-refractivity contribution in [2.45, 2.75) is 39.2 Å². The first-order valence-electron chi connectivity index (χ1n) is 7.68. The summed E-state index contributed by atoms with van der Waals surface area (Å²) in [6.07, 6.45) is 1.73. The number of rotatable bonds is 5. The normalized spacial score (nSPS) is 24.9. The number of likely N-dealkylation sites (tertiary alicyclic amines) is 1. The molecule has 0 spiro atoms. The van der Waals surface area contributed by atoms with E-state index in [1.165, 1.54) is 11.1 Å². The van der Waals surface area contributed by atoms with Crippen LogP contribution in [0.25, 0.3) is 0 Å². The maximum absolute atomic E-state index is 12.5. The van der Waals surface area contributed by atoms with Gasteiger partial charge in [0, 0.05) is 13.1 Å². The summed E-state index contributed by atoms with van der Waals surface area (Å²) < 4.78 is 0. The lowest BCUT2D eigenvalue weighted by Crippen LogP contribution is -2.57. The molecule has 1 aromatic rings. The first-order valence-corrected chi connectivity index (χ1v) is 8.50. The number of aliphatic hydroxyl groups is 1. The number of amides is 1. The highest BCUT2D eigenvalue weighted by Gasteiger charge is 2.50. The van der Waals surface area contributed by atoms with Crippen LogP contribution in [0.2, 0.25) is 0 Å². The van der Waals surface area contributed by atoms with Crippen molar-refractivity contribution in [3.63, 3.8) is 0 Å². The second kappa shape index (κ2) is 6.84. The Balaban J connectivity index is 2.21. The van der Waals surface area contributed by atoms with E-state index in [1.807, 2.05) is 13.8 Å². The summed E-state index contributed by atoms with van der Waals surface area (Å²) in [6, 6.07) is 0. The Kier molecular flexibility index (Phi) is 5.26. The predicted molar refractivity (Wildman–Crippen MR) is 87.2 cm³/mol. The minimum absolute atomic E-state index is 0.00680. The zero-order valence-corrected chi connectivity index (χ0v) is 14.2. The van der Waals surface area contributed by atoms with E-state index in [4.69, 9.17) is 5.73 Å². The number of aromatic nitrogens is 1. The van der Waals surface area contributed by atoms with Gasteiger partial charge in [-0.2, -0.15) is 0 Å². The molecule has 0 radical (unpaired) electrons. The van der Waals surface area contributed by atoms with Crippen LogP contribution in [0.3, 0.4) is 0 Å². The average Bonchev–Trinajstić information content (AvgIpc) is 2.92. The second-order valence-corrected chi connectivity index (χ2v) is 7.55. The molecular formula is C15H23N3O4S. The summed E-state index contributed by atoms with van der Waals surface area (Å²) >= 11 is 1.08. The molecule has 0 unspecified atom stereocenters. The van der Waals surface area contributed by atoms with Gasteiger partial charge in [0.15, 0.2) is 5.13 Å². The third kappa shape index (κ3) is 3.64. The van der Waals surface area contributed by atoms with Crippen molar-refractivity contribution in [3.8, 4) is 0 Å². The quantitative estimate of drug-likeness (QED) is 0.746. The molecule has 4 N–H and O–H groups in total. The molecule has 23 heavy (non-hydrogen) atoms. The summed E-state index contributed by atoms with van der Waals surface area (Å²) in [5.74, 6) is -1.00. The smallest absolute Gasteiger partial charge is 0.314 e. The highest BCUT2D eigenvalue weighted by Crippen LogP contribution is 2.37. The number of thiazole rings is 1. The summed E-state index contributed by atoms with van der Waals surface area (Å²) in [5.41, 5.74) is 4.24. The summed E-state index contributed by atoms with van der Waals surface area (Å²) in [7, 11) is 0. The summed E-state index contributed by atoms with van der Waals surface area (Å²) in [5, 5.41) is 20.3. The number of carbonyl (C=O) groups excluding carboxylic acids is 1. The first kappa shape index (κ1) is 17.7. The molecule has 2 heterocycles. The fraction of sp³-hybridized carbons (Fsp3) is 0.667. The molecular weight excluding hydrogens is 318 g/mol. The summed E-state index contributed by atoms with van der Waals surface area (Å²) in [4.78, 5) is 30.2. The van der Waals surface area contributed by atoms with Crippen LogP contribution in [-0.4, -0.2) is 51.2 Å². The monoisotopic (exact) mass is 341 g/mol. The Bertz CT molecular complexity index is 589. The number of carboxylic acid groups (broad SMARTS) is 1. The molecule has 128 valence electrons. The molecule has 1 amide bonds. The lowest BCUT2D eigenvalue weighted by atomic mass is 9.72. The van der Waals surface area contributed by atoms with Crippen LogP contribution in [0.15, 0.2) is 6.20 Å². The highest BCUT2D eigenvalue weighted by atomic mass is 32.1. The van der Waals surface area contributed by atoms with E-state index in [0.717, 1.165) is 11.3 Å². The Morgan fingerprint density at radius 2 is 2.26 bits per heavy atom. The van der Waals surface area contributed by atoms with Gasteiger partial charge in [-0.3, -0.25) is 9.59 Å². The number of carbonyl (C=O) groups is 2. The van der Waals surface area contributed by atoms with E-state index in [2.05, 4.69) is 4.98 Å². The molecule has 0 aromatic carbocycles. The maximum atomic E-state index is 12.5. The average molecular weight is 341 g/mol. The molecule has 7 nitrogen and oxygen atoms in total. The van der Waals surface area contributed by atoms with Gasteiger partial charge in [0.05, 0.1) is 12.3 Å². The van der Waals surface area contributed by atoms with E-state index in [0.29, 0.717) is 35.3 Å². The minimum Gasteiger partial charge on any atom is -0.481 e. The van der Waals surface area contributed by atoms with Gasteiger partial charge in [-0.15, -0.1) is 0 Å². The number of nitrogen functional groups attached to an aromatic ring is 1. The molecule has 1 saturated heterocycles. The number of aliphatic hydroxyl groups excluding tert-OH is 1. The number of nitrogens with zero attached hydrogens (tertiary/aromatic N) is 2. The van der Waals surface area contributed by atoms with Crippen molar-refractivity contribution in [2.24, 2.45) is 11.3 Å². The topological polar surface area (TPSA) is 117 Å². The van der Waals surface area contributed by atoms with E-state index >= 15 is 0 Å². The van der Waals surface area contributed by atoms with Crippen LogP contribution < -0.4 is 5.73 Å². The Morgan fingerprint density at radius 1 is 1.57 bits per heavy atom. The van der Waals surface area contributed by atoms with Crippen LogP contribution in [0.4, 0.5) is 5.13 Å². The molecule has 0 saturated carbocycles. The van der Waals surface area contributed by atoms with Gasteiger partial charge in [-0.1, -0.05) is 25.2 Å². The van der Waals surface area contributed by atoms with Gasteiger partial charge in [0.2, 0.25) is 0 Å². The van der Waals surface area contributed by atoms with Crippen LogP contribution in [0, 0.1) is 11.3 Å². The number of piperidine rings is 1. The first-order chi connectivity index (χ1) is 10.8. The van der Waals surface area contributed by atoms with E-state index in [1.54, 1.807) is 0 Å². The standard InChI is InChI=1S/C15H23N3O4S/c1-9(2)3-5-15(13(21)22)8-18(6-4-11(15)19)12(20)10-7-17-14(16)23-10/h7,9,11,19H,3-6,8H2,1-2H3,(H2,16,17)(H,21,22)/t11-,15-/m1/s1. The SMILES string of the molecule is CC(C)CC[C@@]1(C(=O)O)CN(C(=O)c2cnc(N)s2)CC[C@H]1O. The van der Waals surface area contributed by atoms with Crippen molar-refractivity contribution >= 4 is 28.3 Å². The highest BCUT2D eigenvalue weighted by molar-refractivity contribution is 7.17. The van der Waals surface area contributed by atoms with Gasteiger partial charge in [-0.05, 0) is 25.2 Å². The van der Waals surface area contributed by atoms with E-state index < -0.39 is 17.5 Å². The number of hydrogen-bond acceptors (Lipinski definition) is 6. The molecule has 0 aliphatic carbocycles. The van der Waals surface area contributed by atoms with Crippen molar-refractivity contribution in [2.75, 3.05) is 18.8 Å². The number of aliphatic carboxylic acids is 1. The molecule has 1 aliphatic heterocycles. The largest absolute Gasteiger partial charge is 0.481 e. The molecule has 1 aliphatic rings. The van der Waals surface area contributed by atoms with Gasteiger partial charge in [-0.25, -0.2) is 4.98 Å². The number of carboxylic acids is 1. The number of nitrogens with two attached hydrogens (primary N) is 1. The van der Waals surface area contributed by atoms with Crippen molar-refractivity contribution in [1.29, 1.82) is 0 Å². The van der Waals surface area contributed by atoms with E-state index in [-0.39, 0.29) is 18.9 Å². The molecule has 1 aromatic heterocycles. The third-order valence-corrected chi connectivity index (χ3v) is 5.21. The minimum atomic E-state index is -1.31. The Hall–Kier alpha value is -1.67. The second-order valence-electron chi connectivity index (χ2n) is 6.49. The zero-order valence-electron chi connectivity index (χ0n) is 13.4. The summed E-state index contributed by atoms with van der Waals surface area (Å²) in [6.45, 7) is 4.35. The maximum Gasteiger partial charge on any atom is 0.314 e. The third-order valence-electron chi connectivity index (χ3n) is 4.40. The molecule has 8 heteroatoms. The number of hydrogen-bond donors (Lipinski definition) is 3. The van der Waals surface area contributed by atoms with Crippen molar-refractivity contribution in [3.05, 3.63) is 11.1 Å². The van der Waals surface area contributed by atoms with Crippen LogP contribution in [0.1, 0.15) is 42.8 Å². The van der Waals surface area contributed by atoms with E-state index in [9.17, 15) is 19.8 Å². The molecule has 0 bridgehead atoms. The van der Waals surface area contributed by atoms with Crippen LogP contribution in [-0.2, 0) is 4.79 Å². The Labute approximate surface area is 139 Å². The molecule has 2 atom stereocenters. The van der Waals surface area contributed by atoms with Gasteiger partial charge < -0.3 is 20.8 Å². The number of anilines is 1. The fourth-order valence-electron chi connectivity index (χ4n) is 2.90. The lowest BCUT2D eigenvalue weighted by Gasteiger charge is -2.43. The van der Waals surface area contributed by atoms with Gasteiger partial charge in [0.1, 0.15) is 10.3 Å². The molecule has 2 rings (SSSR count). The molecule has 1 fully saturated rings. The predicted octanol–water partition coefficient (Wildman–Crippen LogP) is 1.44. The van der Waals surface area contributed by atoms with Crippen molar-refractivity contribution in [1.82, 2.24) is 9.88 Å². The fourth-order valence-corrected chi connectivity index (χ4v) is 3.56. The van der Waals surface area contributed by atoms with Gasteiger partial charge in [0.25, 0.3) is 5.91 Å².